The fourth-order valence-electron chi connectivity index (χ4n) is 2.33. The molecule has 0 spiro atoms. The standard InChI is InChI=1S/C16H15ClN2O2S/c1-11-7-13-8-12(5-6-16(13)19-11)10-18-22(20,21)15-4-2-3-14(17)9-15/h2-9,18-19H,10H2,1H3. The van der Waals surface area contributed by atoms with E-state index in [0.717, 1.165) is 22.2 Å². The van der Waals surface area contributed by atoms with Gasteiger partial charge in [-0.2, -0.15) is 0 Å². The summed E-state index contributed by atoms with van der Waals surface area (Å²) in [5.74, 6) is 0. The first-order valence-corrected chi connectivity index (χ1v) is 8.64. The highest BCUT2D eigenvalue weighted by Crippen LogP contribution is 2.18. The Kier molecular flexibility index (Phi) is 3.95. The predicted octanol–water partition coefficient (Wildman–Crippen LogP) is 3.61. The number of hydrogen-bond donors (Lipinski definition) is 2. The maximum absolute atomic E-state index is 12.2. The molecule has 0 saturated heterocycles. The third kappa shape index (κ3) is 3.16. The first-order valence-electron chi connectivity index (χ1n) is 6.77. The summed E-state index contributed by atoms with van der Waals surface area (Å²) in [4.78, 5) is 3.40. The average molecular weight is 335 g/mol. The van der Waals surface area contributed by atoms with Gasteiger partial charge in [-0.1, -0.05) is 23.7 Å². The van der Waals surface area contributed by atoms with Gasteiger partial charge in [0.25, 0.3) is 0 Å². The van der Waals surface area contributed by atoms with Crippen LogP contribution >= 0.6 is 11.6 Å². The molecule has 4 nitrogen and oxygen atoms in total. The molecule has 0 aliphatic carbocycles. The highest BCUT2D eigenvalue weighted by molar-refractivity contribution is 7.89. The molecule has 1 heterocycles. The van der Waals surface area contributed by atoms with E-state index in [1.807, 2.05) is 31.2 Å². The molecule has 3 aromatic rings. The van der Waals surface area contributed by atoms with Crippen LogP contribution in [0.4, 0.5) is 0 Å². The number of aryl methyl sites for hydroxylation is 1. The normalized spacial score (nSPS) is 11.9. The number of hydrogen-bond acceptors (Lipinski definition) is 2. The van der Waals surface area contributed by atoms with Gasteiger partial charge in [0, 0.05) is 22.8 Å². The van der Waals surface area contributed by atoms with Gasteiger partial charge in [0.2, 0.25) is 10.0 Å². The van der Waals surface area contributed by atoms with Gasteiger partial charge in [0.1, 0.15) is 0 Å². The molecule has 0 aliphatic rings. The van der Waals surface area contributed by atoms with Crippen LogP contribution in [0.25, 0.3) is 10.9 Å². The third-order valence-corrected chi connectivity index (χ3v) is 5.03. The topological polar surface area (TPSA) is 62.0 Å². The molecule has 22 heavy (non-hydrogen) atoms. The molecule has 0 amide bonds. The molecule has 6 heteroatoms. The highest BCUT2D eigenvalue weighted by atomic mass is 35.5. The van der Waals surface area contributed by atoms with Crippen molar-refractivity contribution in [1.29, 1.82) is 0 Å². The lowest BCUT2D eigenvalue weighted by Crippen LogP contribution is -2.23. The monoisotopic (exact) mass is 334 g/mol. The van der Waals surface area contributed by atoms with Crippen molar-refractivity contribution >= 4 is 32.5 Å². The predicted molar refractivity (Wildman–Crippen MR) is 88.5 cm³/mol. The fourth-order valence-corrected chi connectivity index (χ4v) is 3.65. The van der Waals surface area contributed by atoms with Gasteiger partial charge in [-0.25, -0.2) is 13.1 Å². The van der Waals surface area contributed by atoms with E-state index in [1.165, 1.54) is 12.1 Å². The molecule has 0 unspecified atom stereocenters. The quantitative estimate of drug-likeness (QED) is 0.765. The van der Waals surface area contributed by atoms with Gasteiger partial charge in [0.05, 0.1) is 4.90 Å². The summed E-state index contributed by atoms with van der Waals surface area (Å²) in [6.07, 6.45) is 0. The number of sulfonamides is 1. The Morgan fingerprint density at radius 2 is 1.95 bits per heavy atom. The molecule has 1 aromatic heterocycles. The van der Waals surface area contributed by atoms with Gasteiger partial charge >= 0.3 is 0 Å². The Morgan fingerprint density at radius 3 is 2.73 bits per heavy atom. The molecule has 0 fully saturated rings. The fraction of sp³-hybridized carbons (Fsp3) is 0.125. The van der Waals surface area contributed by atoms with Crippen molar-refractivity contribution in [3.05, 3.63) is 64.8 Å². The Morgan fingerprint density at radius 1 is 1.14 bits per heavy atom. The summed E-state index contributed by atoms with van der Waals surface area (Å²) < 4.78 is 27.1. The van der Waals surface area contributed by atoms with Crippen molar-refractivity contribution in [2.24, 2.45) is 0 Å². The largest absolute Gasteiger partial charge is 0.359 e. The molecule has 114 valence electrons. The number of aromatic nitrogens is 1. The SMILES string of the molecule is Cc1cc2cc(CNS(=O)(=O)c3cccc(Cl)c3)ccc2[nH]1. The number of fused-ring (bicyclic) bond motifs is 1. The number of H-pyrrole nitrogens is 1. The van der Waals surface area contributed by atoms with Crippen molar-refractivity contribution in [3.63, 3.8) is 0 Å². The van der Waals surface area contributed by atoms with Crippen LogP contribution in [-0.4, -0.2) is 13.4 Å². The first-order chi connectivity index (χ1) is 10.4. The molecular weight excluding hydrogens is 320 g/mol. The lowest BCUT2D eigenvalue weighted by atomic mass is 10.1. The summed E-state index contributed by atoms with van der Waals surface area (Å²) in [7, 11) is -3.57. The summed E-state index contributed by atoms with van der Waals surface area (Å²) in [6.45, 7) is 2.22. The number of aromatic amines is 1. The number of nitrogens with one attached hydrogen (secondary N) is 2. The van der Waals surface area contributed by atoms with Crippen LogP contribution in [0.1, 0.15) is 11.3 Å². The van der Waals surface area contributed by atoms with Crippen LogP contribution in [0.3, 0.4) is 0 Å². The van der Waals surface area contributed by atoms with E-state index in [0.29, 0.717) is 5.02 Å². The molecule has 0 atom stereocenters. The summed E-state index contributed by atoms with van der Waals surface area (Å²) in [6, 6.07) is 14.1. The minimum absolute atomic E-state index is 0.165. The van der Waals surface area contributed by atoms with E-state index >= 15 is 0 Å². The van der Waals surface area contributed by atoms with Crippen LogP contribution in [0.2, 0.25) is 5.02 Å². The van der Waals surface area contributed by atoms with E-state index in [9.17, 15) is 8.42 Å². The molecule has 2 N–H and O–H groups in total. The number of rotatable bonds is 4. The maximum Gasteiger partial charge on any atom is 0.240 e. The Balaban J connectivity index is 1.80. The van der Waals surface area contributed by atoms with Gasteiger partial charge in [-0.05, 0) is 54.3 Å². The second-order valence-electron chi connectivity index (χ2n) is 5.16. The second kappa shape index (κ2) is 5.76. The van der Waals surface area contributed by atoms with Gasteiger partial charge in [-0.3, -0.25) is 0 Å². The number of halogens is 1. The summed E-state index contributed by atoms with van der Waals surface area (Å²) in [5, 5.41) is 1.46. The van der Waals surface area contributed by atoms with Crippen LogP contribution in [-0.2, 0) is 16.6 Å². The smallest absolute Gasteiger partial charge is 0.240 e. The average Bonchev–Trinajstić information content (AvgIpc) is 2.84. The van der Waals surface area contributed by atoms with E-state index in [-0.39, 0.29) is 11.4 Å². The highest BCUT2D eigenvalue weighted by Gasteiger charge is 2.14. The molecule has 2 aromatic carbocycles. The van der Waals surface area contributed by atoms with Crippen molar-refractivity contribution in [3.8, 4) is 0 Å². The molecule has 3 rings (SSSR count). The minimum atomic E-state index is -3.57. The minimum Gasteiger partial charge on any atom is -0.359 e. The van der Waals surface area contributed by atoms with Crippen molar-refractivity contribution in [1.82, 2.24) is 9.71 Å². The molecule has 0 bridgehead atoms. The zero-order valence-corrected chi connectivity index (χ0v) is 13.5. The van der Waals surface area contributed by atoms with Crippen LogP contribution in [0.5, 0.6) is 0 Å². The van der Waals surface area contributed by atoms with Gasteiger partial charge in [0.15, 0.2) is 0 Å². The maximum atomic E-state index is 12.2. The molecule has 0 radical (unpaired) electrons. The van der Waals surface area contributed by atoms with Crippen LogP contribution < -0.4 is 4.72 Å². The molecule has 0 aliphatic heterocycles. The lowest BCUT2D eigenvalue weighted by Gasteiger charge is -2.07. The van der Waals surface area contributed by atoms with Crippen molar-refractivity contribution in [2.45, 2.75) is 18.4 Å². The zero-order chi connectivity index (χ0) is 15.7. The lowest BCUT2D eigenvalue weighted by molar-refractivity contribution is 0.581. The van der Waals surface area contributed by atoms with Crippen LogP contribution in [0, 0.1) is 6.92 Å². The van der Waals surface area contributed by atoms with E-state index < -0.39 is 10.0 Å². The van der Waals surface area contributed by atoms with Crippen molar-refractivity contribution in [2.75, 3.05) is 0 Å². The zero-order valence-electron chi connectivity index (χ0n) is 11.9. The van der Waals surface area contributed by atoms with Gasteiger partial charge in [-0.15, -0.1) is 0 Å². The summed E-state index contributed by atoms with van der Waals surface area (Å²) in [5.41, 5.74) is 3.02. The third-order valence-electron chi connectivity index (χ3n) is 3.39. The van der Waals surface area contributed by atoms with Gasteiger partial charge < -0.3 is 4.98 Å². The molecular formula is C16H15ClN2O2S. The van der Waals surface area contributed by atoms with E-state index in [1.54, 1.807) is 12.1 Å². The Hall–Kier alpha value is -1.82. The Bertz CT molecular complexity index is 932. The first kappa shape index (κ1) is 15.1. The summed E-state index contributed by atoms with van der Waals surface area (Å²) >= 11 is 5.84. The Labute approximate surface area is 134 Å². The molecule has 0 saturated carbocycles. The van der Waals surface area contributed by atoms with E-state index in [2.05, 4.69) is 9.71 Å². The second-order valence-corrected chi connectivity index (χ2v) is 7.36. The van der Waals surface area contributed by atoms with Crippen LogP contribution in [0.15, 0.2) is 53.4 Å². The van der Waals surface area contributed by atoms with E-state index in [4.69, 9.17) is 11.6 Å². The number of benzene rings is 2. The van der Waals surface area contributed by atoms with Crippen molar-refractivity contribution < 1.29 is 8.42 Å².